The molecule has 0 aliphatic carbocycles. The van der Waals surface area contributed by atoms with Crippen LogP contribution in [0.25, 0.3) is 33.1 Å². The largest absolute Gasteiger partial charge is 0.463 e. The average molecular weight is 652 g/mol. The molecule has 0 spiro atoms. The van der Waals surface area contributed by atoms with E-state index in [2.05, 4.69) is 41.9 Å². The number of aromatic amines is 2. The Labute approximate surface area is 270 Å². The lowest BCUT2D eigenvalue weighted by Crippen LogP contribution is -2.43. The van der Waals surface area contributed by atoms with Gasteiger partial charge in [-0.1, -0.05) is 23.8 Å². The summed E-state index contributed by atoms with van der Waals surface area (Å²) < 4.78 is 28.5. The summed E-state index contributed by atoms with van der Waals surface area (Å²) in [5.74, 6) is -0.428. The molecule has 3 aromatic heterocycles. The summed E-state index contributed by atoms with van der Waals surface area (Å²) in [4.78, 5) is 27.0. The van der Waals surface area contributed by atoms with E-state index in [1.54, 1.807) is 12.3 Å². The van der Waals surface area contributed by atoms with Gasteiger partial charge < -0.3 is 19.9 Å². The second kappa shape index (κ2) is 13.0. The van der Waals surface area contributed by atoms with Gasteiger partial charge in [0.2, 0.25) is 0 Å². The van der Waals surface area contributed by atoms with Crippen molar-refractivity contribution < 1.29 is 19.0 Å². The van der Waals surface area contributed by atoms with Crippen LogP contribution in [0.1, 0.15) is 44.1 Å². The minimum absolute atomic E-state index is 0.0226. The third kappa shape index (κ3) is 6.04. The molecule has 3 aliphatic rings. The van der Waals surface area contributed by atoms with Gasteiger partial charge in [-0.3, -0.25) is 24.8 Å². The van der Waals surface area contributed by atoms with Gasteiger partial charge >= 0.3 is 0 Å². The van der Waals surface area contributed by atoms with Crippen LogP contribution in [0.15, 0.2) is 35.4 Å². The average Bonchev–Trinajstić information content (AvgIpc) is 3.73. The van der Waals surface area contributed by atoms with Gasteiger partial charge in [-0.05, 0) is 69.0 Å². The SMILES string of the molecule is C=C1CN2CCC[C@@]2(COc2nc3c(F)c(-c4c(CCCCOC[C@H]5CNC[C@@H](O)C5)c(Cl)cc5[nH]ncc45)ncc3c(=O)[nH]2)C1. The second-order valence-corrected chi connectivity index (χ2v) is 13.4. The Morgan fingerprint density at radius 2 is 2.13 bits per heavy atom. The van der Waals surface area contributed by atoms with Gasteiger partial charge in [0.05, 0.1) is 35.3 Å². The molecule has 3 atom stereocenters. The summed E-state index contributed by atoms with van der Waals surface area (Å²) in [7, 11) is 0. The van der Waals surface area contributed by atoms with Crippen LogP contribution in [0, 0.1) is 11.7 Å². The Morgan fingerprint density at radius 3 is 3.00 bits per heavy atom. The first-order valence-corrected chi connectivity index (χ1v) is 16.4. The van der Waals surface area contributed by atoms with Gasteiger partial charge in [0.1, 0.15) is 17.8 Å². The van der Waals surface area contributed by atoms with Crippen LogP contribution in [0.4, 0.5) is 4.39 Å². The minimum atomic E-state index is -0.721. The lowest BCUT2D eigenvalue weighted by Gasteiger charge is -2.30. The molecule has 13 heteroatoms. The first-order valence-electron chi connectivity index (χ1n) is 16.1. The van der Waals surface area contributed by atoms with E-state index < -0.39 is 11.4 Å². The number of pyridine rings is 1. The minimum Gasteiger partial charge on any atom is -0.463 e. The van der Waals surface area contributed by atoms with E-state index in [1.807, 2.05) is 0 Å². The summed E-state index contributed by atoms with van der Waals surface area (Å²) >= 11 is 6.79. The Kier molecular flexibility index (Phi) is 8.81. The molecule has 0 amide bonds. The zero-order chi connectivity index (χ0) is 31.8. The molecule has 0 unspecified atom stereocenters. The zero-order valence-electron chi connectivity index (χ0n) is 25.7. The zero-order valence-corrected chi connectivity index (χ0v) is 26.5. The van der Waals surface area contributed by atoms with Crippen LogP contribution in [-0.4, -0.2) is 92.8 Å². The van der Waals surface area contributed by atoms with E-state index >= 15 is 4.39 Å². The van der Waals surface area contributed by atoms with Gasteiger partial charge in [-0.15, -0.1) is 0 Å². The van der Waals surface area contributed by atoms with E-state index in [-0.39, 0.29) is 34.3 Å². The number of piperidine rings is 1. The van der Waals surface area contributed by atoms with Crippen LogP contribution in [0.2, 0.25) is 5.02 Å². The number of β-amino-alcohol motifs (C(OH)–C–C–N with tert-alkyl or cyclic N) is 1. The molecule has 7 rings (SSSR count). The highest BCUT2D eigenvalue weighted by Gasteiger charge is 2.46. The normalized spacial score (nSPS) is 23.5. The number of unbranched alkanes of at least 4 members (excludes halogenated alkanes) is 1. The fraction of sp³-hybridized carbons (Fsp3) is 0.515. The maximum absolute atomic E-state index is 16.5. The number of nitrogens with one attached hydrogen (secondary N) is 3. The number of aliphatic hydroxyl groups is 1. The van der Waals surface area contributed by atoms with Crippen molar-refractivity contribution in [3.05, 3.63) is 57.4 Å². The van der Waals surface area contributed by atoms with Gasteiger partial charge in [0.15, 0.2) is 5.82 Å². The van der Waals surface area contributed by atoms with Crippen molar-refractivity contribution in [3.8, 4) is 17.3 Å². The molecular formula is C33H39ClFN7O4. The first kappa shape index (κ1) is 31.2. The van der Waals surface area contributed by atoms with E-state index in [0.29, 0.717) is 60.2 Å². The van der Waals surface area contributed by atoms with E-state index in [1.165, 1.54) is 6.20 Å². The van der Waals surface area contributed by atoms with E-state index in [4.69, 9.17) is 21.1 Å². The maximum Gasteiger partial charge on any atom is 0.297 e. The molecule has 244 valence electrons. The topological polar surface area (TPSA) is 141 Å². The molecule has 0 saturated carbocycles. The molecule has 3 fully saturated rings. The van der Waals surface area contributed by atoms with Gasteiger partial charge in [-0.2, -0.15) is 10.1 Å². The number of H-pyrrole nitrogens is 2. The smallest absolute Gasteiger partial charge is 0.297 e. The Morgan fingerprint density at radius 1 is 1.24 bits per heavy atom. The fourth-order valence-electron chi connectivity index (χ4n) is 7.44. The molecule has 46 heavy (non-hydrogen) atoms. The fourth-order valence-corrected chi connectivity index (χ4v) is 7.74. The predicted molar refractivity (Wildman–Crippen MR) is 174 cm³/mol. The van der Waals surface area contributed by atoms with Crippen molar-refractivity contribution in [2.75, 3.05) is 46.0 Å². The Balaban J connectivity index is 1.13. The van der Waals surface area contributed by atoms with Crippen molar-refractivity contribution in [2.45, 2.75) is 56.6 Å². The number of halogens is 2. The molecule has 3 saturated heterocycles. The van der Waals surface area contributed by atoms with Crippen molar-refractivity contribution in [1.82, 2.24) is 35.4 Å². The number of hydrogen-bond donors (Lipinski definition) is 4. The van der Waals surface area contributed by atoms with Crippen molar-refractivity contribution >= 4 is 33.4 Å². The molecule has 6 heterocycles. The van der Waals surface area contributed by atoms with Crippen molar-refractivity contribution in [2.24, 2.45) is 5.92 Å². The van der Waals surface area contributed by atoms with E-state index in [0.717, 1.165) is 69.3 Å². The van der Waals surface area contributed by atoms with Crippen molar-refractivity contribution in [1.29, 1.82) is 0 Å². The number of rotatable bonds is 11. The van der Waals surface area contributed by atoms with E-state index in [9.17, 15) is 9.90 Å². The number of hydrogen-bond acceptors (Lipinski definition) is 9. The number of fused-ring (bicyclic) bond motifs is 3. The van der Waals surface area contributed by atoms with Crippen LogP contribution in [-0.2, 0) is 11.2 Å². The van der Waals surface area contributed by atoms with Gasteiger partial charge in [0, 0.05) is 48.4 Å². The lowest BCUT2D eigenvalue weighted by atomic mass is 9.94. The molecule has 1 aromatic carbocycles. The Hall–Kier alpha value is -3.42. The highest BCUT2D eigenvalue weighted by Crippen LogP contribution is 2.41. The highest BCUT2D eigenvalue weighted by molar-refractivity contribution is 6.33. The summed E-state index contributed by atoms with van der Waals surface area (Å²) in [5.41, 5.74) is 2.32. The molecule has 4 N–H and O–H groups in total. The summed E-state index contributed by atoms with van der Waals surface area (Å²) in [5, 5.41) is 21.4. The second-order valence-electron chi connectivity index (χ2n) is 13.0. The first-order chi connectivity index (χ1) is 22.3. The van der Waals surface area contributed by atoms with Crippen LogP contribution < -0.4 is 15.6 Å². The molecule has 0 bridgehead atoms. The summed E-state index contributed by atoms with van der Waals surface area (Å²) in [6, 6.07) is 1.77. The monoisotopic (exact) mass is 651 g/mol. The number of aromatic nitrogens is 5. The third-order valence-corrected chi connectivity index (χ3v) is 9.99. The number of nitrogens with zero attached hydrogens (tertiary/aromatic N) is 4. The molecule has 0 radical (unpaired) electrons. The van der Waals surface area contributed by atoms with Crippen LogP contribution in [0.3, 0.4) is 0 Å². The quantitative estimate of drug-likeness (QED) is 0.139. The third-order valence-electron chi connectivity index (χ3n) is 9.66. The lowest BCUT2D eigenvalue weighted by molar-refractivity contribution is 0.0487. The van der Waals surface area contributed by atoms with Gasteiger partial charge in [0.25, 0.3) is 11.6 Å². The molecule has 11 nitrogen and oxygen atoms in total. The Bertz CT molecular complexity index is 1830. The van der Waals surface area contributed by atoms with Crippen LogP contribution in [0.5, 0.6) is 6.01 Å². The maximum atomic E-state index is 16.5. The highest BCUT2D eigenvalue weighted by atomic mass is 35.5. The summed E-state index contributed by atoms with van der Waals surface area (Å²) in [6.07, 6.45) is 8.36. The van der Waals surface area contributed by atoms with Crippen molar-refractivity contribution in [3.63, 3.8) is 0 Å². The molecule has 3 aliphatic heterocycles. The molecular weight excluding hydrogens is 613 g/mol. The predicted octanol–water partition coefficient (Wildman–Crippen LogP) is 4.14. The summed E-state index contributed by atoms with van der Waals surface area (Å²) in [6.45, 7) is 8.95. The number of ether oxygens (including phenoxy) is 2. The molecule has 4 aromatic rings. The van der Waals surface area contributed by atoms with Crippen LogP contribution >= 0.6 is 11.6 Å². The number of aliphatic hydroxyl groups excluding tert-OH is 1. The van der Waals surface area contributed by atoms with Gasteiger partial charge in [-0.25, -0.2) is 4.39 Å². The number of benzene rings is 1. The standard InChI is InChI=1S/C33H39ClFN7O4/c1-19-11-33(6-4-7-42(33)16-19)18-46-32-39-29-24(31(44)40-32)14-37-30(28(29)35)27-22(25(34)10-26-23(27)15-38-41-26)5-2-3-8-45-17-20-9-21(43)13-36-12-20/h10,14-15,20-21,36,43H,1-9,11-13,16-18H2,(H,38,41)(H,39,40,44)/t20-,21+,33+/m1/s1.